The summed E-state index contributed by atoms with van der Waals surface area (Å²) in [5.41, 5.74) is 2.25. The highest BCUT2D eigenvalue weighted by Gasteiger charge is 2.26. The molecule has 9 nitrogen and oxygen atoms in total. The second-order valence-corrected chi connectivity index (χ2v) is 6.11. The fourth-order valence-corrected chi connectivity index (χ4v) is 2.70. The fourth-order valence-electron chi connectivity index (χ4n) is 2.70. The van der Waals surface area contributed by atoms with Gasteiger partial charge in [-0.2, -0.15) is 0 Å². The average molecular weight is 390 g/mol. The number of aromatic nitrogens is 2. The lowest BCUT2D eigenvalue weighted by Gasteiger charge is -2.16. The predicted molar refractivity (Wildman–Crippen MR) is 98.9 cm³/mol. The quantitative estimate of drug-likeness (QED) is 0.433. The Morgan fingerprint density at radius 1 is 1.39 bits per heavy atom. The van der Waals surface area contributed by atoms with E-state index in [-0.39, 0.29) is 47.3 Å². The van der Waals surface area contributed by atoms with Crippen molar-refractivity contribution in [3.8, 4) is 0 Å². The lowest BCUT2D eigenvalue weighted by Crippen LogP contribution is -2.30. The number of carbonyl (C=O) groups is 1. The zero-order valence-electron chi connectivity index (χ0n) is 15.5. The Bertz CT molecular complexity index is 1110. The maximum atomic E-state index is 14.3. The van der Waals surface area contributed by atoms with Gasteiger partial charge >= 0.3 is 0 Å². The summed E-state index contributed by atoms with van der Waals surface area (Å²) in [6.45, 7) is 2.84. The van der Waals surface area contributed by atoms with E-state index in [4.69, 9.17) is 14.4 Å². The van der Waals surface area contributed by atoms with Crippen LogP contribution in [0.5, 0.6) is 0 Å². The summed E-state index contributed by atoms with van der Waals surface area (Å²) in [4.78, 5) is 34.2. The molecule has 0 atom stereocenters. The molecule has 0 radical (unpaired) electrons. The Morgan fingerprint density at radius 3 is 2.82 bits per heavy atom. The van der Waals surface area contributed by atoms with Crippen molar-refractivity contribution in [1.82, 2.24) is 15.0 Å². The van der Waals surface area contributed by atoms with Crippen LogP contribution in [0.2, 0.25) is 0 Å². The number of pyridine rings is 1. The number of hydrogen-bond donors (Lipinski definition) is 3. The van der Waals surface area contributed by atoms with E-state index in [0.717, 1.165) is 4.57 Å². The number of oxazole rings is 1. The van der Waals surface area contributed by atoms with Crippen LogP contribution in [-0.4, -0.2) is 33.8 Å². The number of fused-ring (bicyclic) bond motifs is 1. The number of aryl methyl sites for hydroxylation is 2. The van der Waals surface area contributed by atoms with Crippen LogP contribution in [0.25, 0.3) is 11.1 Å². The summed E-state index contributed by atoms with van der Waals surface area (Å²) in [5.74, 6) is -1.11. The molecule has 10 heteroatoms. The highest BCUT2D eigenvalue weighted by molar-refractivity contribution is 6.08. The molecule has 2 aromatic heterocycles. The van der Waals surface area contributed by atoms with Gasteiger partial charge in [-0.1, -0.05) is 6.07 Å². The van der Waals surface area contributed by atoms with Gasteiger partial charge in [-0.25, -0.2) is 14.9 Å². The molecular weight excluding hydrogens is 371 g/mol. The van der Waals surface area contributed by atoms with Crippen molar-refractivity contribution in [2.45, 2.75) is 13.8 Å². The van der Waals surface area contributed by atoms with Crippen molar-refractivity contribution in [2.24, 2.45) is 7.05 Å². The Hall–Kier alpha value is -3.24. The van der Waals surface area contributed by atoms with Crippen molar-refractivity contribution in [1.29, 1.82) is 0 Å². The second-order valence-electron chi connectivity index (χ2n) is 6.11. The van der Waals surface area contributed by atoms with Crippen LogP contribution in [0.15, 0.2) is 27.4 Å². The summed E-state index contributed by atoms with van der Waals surface area (Å²) in [5, 5.41) is 11.6. The van der Waals surface area contributed by atoms with Crippen molar-refractivity contribution in [3.63, 3.8) is 0 Å². The number of aliphatic hydroxyl groups excluding tert-OH is 1. The largest absolute Gasteiger partial charge is 0.440 e. The minimum absolute atomic E-state index is 0.00139. The highest BCUT2D eigenvalue weighted by Crippen LogP contribution is 2.28. The summed E-state index contributed by atoms with van der Waals surface area (Å²) in [7, 11) is 1.42. The number of amides is 1. The van der Waals surface area contributed by atoms with Crippen LogP contribution in [0.3, 0.4) is 0 Å². The molecule has 0 aliphatic heterocycles. The maximum absolute atomic E-state index is 14.3. The summed E-state index contributed by atoms with van der Waals surface area (Å²) < 4.78 is 20.9. The van der Waals surface area contributed by atoms with E-state index in [1.165, 1.54) is 26.1 Å². The number of rotatable bonds is 6. The zero-order valence-corrected chi connectivity index (χ0v) is 15.5. The van der Waals surface area contributed by atoms with E-state index in [1.54, 1.807) is 13.0 Å². The third-order valence-electron chi connectivity index (χ3n) is 4.00. The van der Waals surface area contributed by atoms with E-state index >= 15 is 0 Å². The lowest BCUT2D eigenvalue weighted by molar-refractivity contribution is 0.0169. The number of benzene rings is 1. The van der Waals surface area contributed by atoms with Gasteiger partial charge < -0.3 is 14.8 Å². The normalized spacial score (nSPS) is 11.0. The molecule has 3 N–H and O–H groups in total. The molecule has 3 rings (SSSR count). The van der Waals surface area contributed by atoms with E-state index in [2.05, 4.69) is 15.8 Å². The molecule has 3 aromatic rings. The van der Waals surface area contributed by atoms with Gasteiger partial charge in [0, 0.05) is 14.0 Å². The Kier molecular flexibility index (Phi) is 5.43. The third kappa shape index (κ3) is 3.59. The Morgan fingerprint density at radius 2 is 2.14 bits per heavy atom. The number of hydroxylamine groups is 1. The van der Waals surface area contributed by atoms with Gasteiger partial charge in [0.05, 0.1) is 18.9 Å². The molecular formula is C18H19FN4O5. The van der Waals surface area contributed by atoms with Gasteiger partial charge in [-0.15, -0.1) is 0 Å². The van der Waals surface area contributed by atoms with E-state index in [9.17, 15) is 14.0 Å². The molecule has 0 saturated carbocycles. The van der Waals surface area contributed by atoms with Crippen molar-refractivity contribution in [3.05, 3.63) is 51.4 Å². The van der Waals surface area contributed by atoms with E-state index < -0.39 is 17.3 Å². The first-order valence-electron chi connectivity index (χ1n) is 8.39. The summed E-state index contributed by atoms with van der Waals surface area (Å²) in [6, 6.07) is 4.50. The van der Waals surface area contributed by atoms with Crippen molar-refractivity contribution in [2.75, 3.05) is 18.5 Å². The second kappa shape index (κ2) is 7.79. The Balaban J connectivity index is 2.19. The van der Waals surface area contributed by atoms with Gasteiger partial charge in [-0.3, -0.25) is 19.0 Å². The number of anilines is 2. The first kappa shape index (κ1) is 19.5. The molecule has 0 spiro atoms. The van der Waals surface area contributed by atoms with Gasteiger partial charge in [0.25, 0.3) is 11.5 Å². The van der Waals surface area contributed by atoms with E-state index in [1.807, 2.05) is 0 Å². The summed E-state index contributed by atoms with van der Waals surface area (Å²) >= 11 is 0. The number of halogens is 1. The van der Waals surface area contributed by atoms with Crippen LogP contribution in [0.4, 0.5) is 15.9 Å². The molecule has 28 heavy (non-hydrogen) atoms. The average Bonchev–Trinajstić information content (AvgIpc) is 3.03. The van der Waals surface area contributed by atoms with Gasteiger partial charge in [0.15, 0.2) is 17.0 Å². The van der Waals surface area contributed by atoms with Crippen molar-refractivity contribution < 1.29 is 23.5 Å². The topological polar surface area (TPSA) is 119 Å². The highest BCUT2D eigenvalue weighted by atomic mass is 19.1. The Labute approximate surface area is 158 Å². The van der Waals surface area contributed by atoms with Crippen LogP contribution in [0.1, 0.15) is 21.8 Å². The van der Waals surface area contributed by atoms with Crippen molar-refractivity contribution >= 4 is 28.5 Å². The van der Waals surface area contributed by atoms with Crippen LogP contribution >= 0.6 is 0 Å². The molecule has 1 aromatic carbocycles. The molecule has 0 aliphatic rings. The minimum atomic E-state index is -0.750. The third-order valence-corrected chi connectivity index (χ3v) is 4.00. The predicted octanol–water partition coefficient (Wildman–Crippen LogP) is 1.68. The van der Waals surface area contributed by atoms with E-state index in [0.29, 0.717) is 5.56 Å². The molecule has 2 heterocycles. The minimum Gasteiger partial charge on any atom is -0.440 e. The number of nitrogens with one attached hydrogen (secondary N) is 2. The number of aliphatic hydroxyl groups is 1. The van der Waals surface area contributed by atoms with Gasteiger partial charge in [0.1, 0.15) is 17.2 Å². The maximum Gasteiger partial charge on any atom is 0.282 e. The molecule has 0 fully saturated rings. The first-order valence-corrected chi connectivity index (χ1v) is 8.39. The standard InChI is InChI=1S/C18H19FN4O5/c1-9-4-5-12(11(19)8-9)21-16-13(17(25)22-27-7-6-24)15-14(18(26)23(16)3)20-10(2)28-15/h4-5,8,21,24H,6-7H2,1-3H3,(H,22,25). The number of hydrogen-bond acceptors (Lipinski definition) is 7. The molecule has 148 valence electrons. The molecule has 1 amide bonds. The van der Waals surface area contributed by atoms with Crippen LogP contribution in [0, 0.1) is 19.7 Å². The zero-order chi connectivity index (χ0) is 20.4. The summed E-state index contributed by atoms with van der Waals surface area (Å²) in [6.07, 6.45) is 0. The molecule has 0 bridgehead atoms. The van der Waals surface area contributed by atoms with Gasteiger partial charge in [-0.05, 0) is 24.6 Å². The number of nitrogens with zero attached hydrogens (tertiary/aromatic N) is 2. The smallest absolute Gasteiger partial charge is 0.282 e. The lowest BCUT2D eigenvalue weighted by atomic mass is 10.2. The SMILES string of the molecule is Cc1ccc(Nc2c(C(=O)NOCCO)c3oc(C)nc3c(=O)n2C)c(F)c1. The molecule has 0 saturated heterocycles. The first-order chi connectivity index (χ1) is 13.3. The van der Waals surface area contributed by atoms with Crippen LogP contribution in [-0.2, 0) is 11.9 Å². The van der Waals surface area contributed by atoms with Crippen LogP contribution < -0.4 is 16.4 Å². The monoisotopic (exact) mass is 390 g/mol. The van der Waals surface area contributed by atoms with Gasteiger partial charge in [0.2, 0.25) is 0 Å². The molecule has 0 aliphatic carbocycles. The fraction of sp³-hybridized carbons (Fsp3) is 0.278. The molecule has 0 unspecified atom stereocenters. The number of carbonyl (C=O) groups excluding carboxylic acids is 1.